The minimum atomic E-state index is -0.394. The Morgan fingerprint density at radius 3 is 2.26 bits per heavy atom. The molecule has 0 aromatic heterocycles. The standard InChI is InChI=1S/C25H23ClN2O3/c1-2-16-28(20-12-14-21(29)15-13-20)25(31)23(17-19-10-6-7-11-22(19)26)27-24(30)18-8-4-3-5-9-18/h3-15,17,29H,2,16H2,1H3,(H,27,30)/b23-17-. The van der Waals surface area contributed by atoms with Crippen LogP contribution in [0, 0.1) is 0 Å². The lowest BCUT2D eigenvalue weighted by Gasteiger charge is -2.24. The molecule has 0 unspecified atom stereocenters. The summed E-state index contributed by atoms with van der Waals surface area (Å²) in [6, 6.07) is 22.1. The van der Waals surface area contributed by atoms with Crippen molar-refractivity contribution in [3.63, 3.8) is 0 Å². The van der Waals surface area contributed by atoms with Crippen LogP contribution in [0.1, 0.15) is 29.3 Å². The number of phenols is 1. The highest BCUT2D eigenvalue weighted by Gasteiger charge is 2.22. The number of rotatable bonds is 7. The van der Waals surface area contributed by atoms with Crippen molar-refractivity contribution in [3.8, 4) is 5.75 Å². The summed E-state index contributed by atoms with van der Waals surface area (Å²) in [4.78, 5) is 27.9. The van der Waals surface area contributed by atoms with Gasteiger partial charge in [-0.15, -0.1) is 0 Å². The monoisotopic (exact) mass is 434 g/mol. The average Bonchev–Trinajstić information content (AvgIpc) is 2.79. The summed E-state index contributed by atoms with van der Waals surface area (Å²) in [5.41, 5.74) is 1.77. The molecule has 3 aromatic carbocycles. The number of hydrogen-bond donors (Lipinski definition) is 2. The molecular formula is C25H23ClN2O3. The van der Waals surface area contributed by atoms with Crippen LogP contribution in [-0.4, -0.2) is 23.5 Å². The first kappa shape index (κ1) is 22.1. The Labute approximate surface area is 186 Å². The van der Waals surface area contributed by atoms with E-state index in [-0.39, 0.29) is 17.4 Å². The molecule has 3 aromatic rings. The van der Waals surface area contributed by atoms with Gasteiger partial charge >= 0.3 is 0 Å². The minimum absolute atomic E-state index is 0.100. The molecule has 0 radical (unpaired) electrons. The van der Waals surface area contributed by atoms with Crippen LogP contribution in [0.2, 0.25) is 5.02 Å². The number of carbonyl (C=O) groups is 2. The maximum atomic E-state index is 13.5. The Bertz CT molecular complexity index is 1080. The lowest BCUT2D eigenvalue weighted by atomic mass is 10.1. The fourth-order valence-electron chi connectivity index (χ4n) is 3.03. The molecule has 2 N–H and O–H groups in total. The van der Waals surface area contributed by atoms with Crippen molar-refractivity contribution in [1.82, 2.24) is 5.32 Å². The van der Waals surface area contributed by atoms with Crippen molar-refractivity contribution < 1.29 is 14.7 Å². The maximum Gasteiger partial charge on any atom is 0.274 e. The molecular weight excluding hydrogens is 412 g/mol. The molecule has 0 saturated heterocycles. The first-order valence-electron chi connectivity index (χ1n) is 9.93. The van der Waals surface area contributed by atoms with Crippen molar-refractivity contribution >= 4 is 35.2 Å². The van der Waals surface area contributed by atoms with Gasteiger partial charge in [0.2, 0.25) is 0 Å². The van der Waals surface area contributed by atoms with Gasteiger partial charge in [0.15, 0.2) is 0 Å². The normalized spacial score (nSPS) is 11.1. The van der Waals surface area contributed by atoms with E-state index in [9.17, 15) is 14.7 Å². The van der Waals surface area contributed by atoms with E-state index in [1.807, 2.05) is 19.1 Å². The number of carbonyl (C=O) groups excluding carboxylic acids is 2. The van der Waals surface area contributed by atoms with Crippen LogP contribution in [0.4, 0.5) is 5.69 Å². The second-order valence-electron chi connectivity index (χ2n) is 6.87. The number of amides is 2. The number of anilines is 1. The van der Waals surface area contributed by atoms with Crippen LogP contribution >= 0.6 is 11.6 Å². The third-order valence-corrected chi connectivity index (χ3v) is 4.92. The molecule has 0 heterocycles. The number of nitrogens with zero attached hydrogens (tertiary/aromatic N) is 1. The summed E-state index contributed by atoms with van der Waals surface area (Å²) in [5.74, 6) is -0.664. The summed E-state index contributed by atoms with van der Waals surface area (Å²) in [6.45, 7) is 2.39. The molecule has 0 aliphatic heterocycles. The molecule has 0 aliphatic carbocycles. The third-order valence-electron chi connectivity index (χ3n) is 4.57. The number of hydrogen-bond acceptors (Lipinski definition) is 3. The molecule has 3 rings (SSSR count). The Hall–Kier alpha value is -3.57. The van der Waals surface area contributed by atoms with Crippen LogP contribution in [0.15, 0.2) is 84.6 Å². The Morgan fingerprint density at radius 2 is 1.61 bits per heavy atom. The van der Waals surface area contributed by atoms with E-state index >= 15 is 0 Å². The van der Waals surface area contributed by atoms with Crippen LogP contribution < -0.4 is 10.2 Å². The van der Waals surface area contributed by atoms with Crippen LogP contribution in [0.5, 0.6) is 5.75 Å². The van der Waals surface area contributed by atoms with Gasteiger partial charge in [0.25, 0.3) is 11.8 Å². The van der Waals surface area contributed by atoms with Gasteiger partial charge in [-0.2, -0.15) is 0 Å². The molecule has 0 saturated carbocycles. The van der Waals surface area contributed by atoms with E-state index in [0.29, 0.717) is 34.8 Å². The second-order valence-corrected chi connectivity index (χ2v) is 7.28. The van der Waals surface area contributed by atoms with Crippen LogP contribution in [0.25, 0.3) is 6.08 Å². The predicted octanol–water partition coefficient (Wildman–Crippen LogP) is 5.26. The van der Waals surface area contributed by atoms with Crippen molar-refractivity contribution in [3.05, 3.63) is 101 Å². The molecule has 31 heavy (non-hydrogen) atoms. The molecule has 0 fully saturated rings. The smallest absolute Gasteiger partial charge is 0.274 e. The lowest BCUT2D eigenvalue weighted by molar-refractivity contribution is -0.115. The second kappa shape index (κ2) is 10.5. The van der Waals surface area contributed by atoms with Gasteiger partial charge in [-0.25, -0.2) is 0 Å². The molecule has 0 aliphatic rings. The van der Waals surface area contributed by atoms with Crippen molar-refractivity contribution in [1.29, 1.82) is 0 Å². The first-order valence-corrected chi connectivity index (χ1v) is 10.3. The van der Waals surface area contributed by atoms with Crippen molar-refractivity contribution in [2.45, 2.75) is 13.3 Å². The van der Waals surface area contributed by atoms with Gasteiger partial charge in [-0.3, -0.25) is 9.59 Å². The van der Waals surface area contributed by atoms with Gasteiger partial charge in [0, 0.05) is 22.8 Å². The zero-order valence-electron chi connectivity index (χ0n) is 17.1. The highest BCUT2D eigenvalue weighted by atomic mass is 35.5. The van der Waals surface area contributed by atoms with Gasteiger partial charge in [-0.05, 0) is 60.5 Å². The Kier molecular flexibility index (Phi) is 7.46. The molecule has 158 valence electrons. The van der Waals surface area contributed by atoms with E-state index in [1.54, 1.807) is 65.6 Å². The van der Waals surface area contributed by atoms with Crippen molar-refractivity contribution in [2.75, 3.05) is 11.4 Å². The van der Waals surface area contributed by atoms with Gasteiger partial charge in [0.05, 0.1) is 0 Å². The zero-order chi connectivity index (χ0) is 22.2. The minimum Gasteiger partial charge on any atom is -0.508 e. The van der Waals surface area contributed by atoms with Crippen LogP contribution in [-0.2, 0) is 4.79 Å². The first-order chi connectivity index (χ1) is 15.0. The molecule has 2 amide bonds. The van der Waals surface area contributed by atoms with Gasteiger partial charge in [0.1, 0.15) is 11.4 Å². The predicted molar refractivity (Wildman–Crippen MR) is 124 cm³/mol. The number of benzene rings is 3. The number of halogens is 1. The van der Waals surface area contributed by atoms with E-state index in [1.165, 1.54) is 12.1 Å². The lowest BCUT2D eigenvalue weighted by Crippen LogP contribution is -2.39. The summed E-state index contributed by atoms with van der Waals surface area (Å²) < 4.78 is 0. The highest BCUT2D eigenvalue weighted by molar-refractivity contribution is 6.32. The van der Waals surface area contributed by atoms with E-state index in [2.05, 4.69) is 5.32 Å². The highest BCUT2D eigenvalue weighted by Crippen LogP contribution is 2.23. The van der Waals surface area contributed by atoms with E-state index < -0.39 is 5.91 Å². The number of aromatic hydroxyl groups is 1. The zero-order valence-corrected chi connectivity index (χ0v) is 17.8. The summed E-state index contributed by atoms with van der Waals surface area (Å²) >= 11 is 6.29. The third kappa shape index (κ3) is 5.74. The molecule has 6 heteroatoms. The van der Waals surface area contributed by atoms with E-state index in [4.69, 9.17) is 11.6 Å². The largest absolute Gasteiger partial charge is 0.508 e. The molecule has 5 nitrogen and oxygen atoms in total. The Balaban J connectivity index is 2.01. The SMILES string of the molecule is CCCN(C(=O)/C(=C/c1ccccc1Cl)NC(=O)c1ccccc1)c1ccc(O)cc1. The van der Waals surface area contributed by atoms with Crippen molar-refractivity contribution in [2.24, 2.45) is 0 Å². The van der Waals surface area contributed by atoms with Crippen LogP contribution in [0.3, 0.4) is 0 Å². The maximum absolute atomic E-state index is 13.5. The van der Waals surface area contributed by atoms with Gasteiger partial charge in [-0.1, -0.05) is 54.9 Å². The topological polar surface area (TPSA) is 69.6 Å². The quantitative estimate of drug-likeness (QED) is 0.498. The summed E-state index contributed by atoms with van der Waals surface area (Å²) in [5, 5.41) is 12.8. The number of nitrogens with one attached hydrogen (secondary N) is 1. The average molecular weight is 435 g/mol. The fraction of sp³-hybridized carbons (Fsp3) is 0.120. The number of phenolic OH excluding ortho intramolecular Hbond substituents is 1. The molecule has 0 spiro atoms. The summed E-state index contributed by atoms with van der Waals surface area (Å²) in [6.07, 6.45) is 2.28. The molecule has 0 bridgehead atoms. The Morgan fingerprint density at radius 1 is 0.968 bits per heavy atom. The fourth-order valence-corrected chi connectivity index (χ4v) is 3.22. The van der Waals surface area contributed by atoms with E-state index in [0.717, 1.165) is 0 Å². The molecule has 0 atom stereocenters. The van der Waals surface area contributed by atoms with Gasteiger partial charge < -0.3 is 15.3 Å². The summed E-state index contributed by atoms with van der Waals surface area (Å²) in [7, 11) is 0.